The van der Waals surface area contributed by atoms with Gasteiger partial charge in [-0.3, -0.25) is 4.68 Å². The Labute approximate surface area is 126 Å². The fraction of sp³-hybridized carbons (Fsp3) is 0.562. The quantitative estimate of drug-likeness (QED) is 0.745. The zero-order chi connectivity index (χ0) is 15.1. The summed E-state index contributed by atoms with van der Waals surface area (Å²) >= 11 is 0. The van der Waals surface area contributed by atoms with Crippen LogP contribution in [-0.4, -0.2) is 16.3 Å². The molecule has 2 unspecified atom stereocenters. The van der Waals surface area contributed by atoms with Crippen molar-refractivity contribution in [2.24, 2.45) is 5.73 Å². The average molecular weight is 290 g/mol. The van der Waals surface area contributed by atoms with E-state index in [0.29, 0.717) is 6.04 Å². The standard InChI is InChI=1S/C16H26N4O/c1-3-8-18-16(13-7-9-21-12-13)6-5-15(17)14-10-19-20(4-2)11-14/h7,9-12,15-16,18H,3-6,8,17H2,1-2H3. The van der Waals surface area contributed by atoms with Crippen molar-refractivity contribution in [3.05, 3.63) is 42.1 Å². The number of nitrogens with zero attached hydrogens (tertiary/aromatic N) is 2. The van der Waals surface area contributed by atoms with E-state index in [1.165, 1.54) is 5.56 Å². The van der Waals surface area contributed by atoms with Crippen molar-refractivity contribution < 1.29 is 4.42 Å². The molecule has 0 saturated carbocycles. The van der Waals surface area contributed by atoms with Gasteiger partial charge in [0.2, 0.25) is 0 Å². The van der Waals surface area contributed by atoms with Gasteiger partial charge in [0.1, 0.15) is 0 Å². The molecule has 0 bridgehead atoms. The molecular formula is C16H26N4O. The van der Waals surface area contributed by atoms with E-state index in [9.17, 15) is 0 Å². The fourth-order valence-electron chi connectivity index (χ4n) is 2.44. The Balaban J connectivity index is 1.91. The first kappa shape index (κ1) is 15.8. The van der Waals surface area contributed by atoms with Gasteiger partial charge in [-0.2, -0.15) is 5.10 Å². The lowest BCUT2D eigenvalue weighted by atomic mass is 9.99. The van der Waals surface area contributed by atoms with Gasteiger partial charge >= 0.3 is 0 Å². The minimum absolute atomic E-state index is 0.0307. The molecule has 0 amide bonds. The number of aryl methyl sites for hydroxylation is 1. The van der Waals surface area contributed by atoms with E-state index < -0.39 is 0 Å². The number of hydrogen-bond donors (Lipinski definition) is 2. The highest BCUT2D eigenvalue weighted by Gasteiger charge is 2.15. The third-order valence-corrected chi connectivity index (χ3v) is 3.76. The molecule has 21 heavy (non-hydrogen) atoms. The predicted molar refractivity (Wildman–Crippen MR) is 83.8 cm³/mol. The highest BCUT2D eigenvalue weighted by Crippen LogP contribution is 2.24. The zero-order valence-corrected chi connectivity index (χ0v) is 13.0. The van der Waals surface area contributed by atoms with Crippen molar-refractivity contribution in [2.75, 3.05) is 6.54 Å². The minimum Gasteiger partial charge on any atom is -0.472 e. The summed E-state index contributed by atoms with van der Waals surface area (Å²) in [7, 11) is 0. The van der Waals surface area contributed by atoms with E-state index in [4.69, 9.17) is 10.2 Å². The van der Waals surface area contributed by atoms with Crippen molar-refractivity contribution in [1.29, 1.82) is 0 Å². The van der Waals surface area contributed by atoms with Crippen LogP contribution >= 0.6 is 0 Å². The molecule has 2 rings (SSSR count). The van der Waals surface area contributed by atoms with Gasteiger partial charge in [-0.25, -0.2) is 0 Å². The van der Waals surface area contributed by atoms with Crippen LogP contribution in [0.1, 0.15) is 56.3 Å². The molecule has 5 heteroatoms. The lowest BCUT2D eigenvalue weighted by molar-refractivity contribution is 0.454. The summed E-state index contributed by atoms with van der Waals surface area (Å²) in [5.74, 6) is 0. The van der Waals surface area contributed by atoms with Crippen LogP contribution in [0.15, 0.2) is 35.4 Å². The zero-order valence-electron chi connectivity index (χ0n) is 13.0. The third-order valence-electron chi connectivity index (χ3n) is 3.76. The highest BCUT2D eigenvalue weighted by atomic mass is 16.3. The Morgan fingerprint density at radius 1 is 1.33 bits per heavy atom. The lowest BCUT2D eigenvalue weighted by Crippen LogP contribution is -2.23. The van der Waals surface area contributed by atoms with Crippen molar-refractivity contribution in [3.8, 4) is 0 Å². The molecule has 2 aromatic rings. The Morgan fingerprint density at radius 2 is 2.19 bits per heavy atom. The van der Waals surface area contributed by atoms with E-state index in [2.05, 4.69) is 24.3 Å². The molecule has 0 aliphatic heterocycles. The second kappa shape index (κ2) is 8.00. The van der Waals surface area contributed by atoms with Crippen LogP contribution in [0.25, 0.3) is 0 Å². The smallest absolute Gasteiger partial charge is 0.0950 e. The Kier molecular flexibility index (Phi) is 6.02. The molecule has 2 atom stereocenters. The number of hydrogen-bond acceptors (Lipinski definition) is 4. The van der Waals surface area contributed by atoms with Gasteiger partial charge in [0.05, 0.1) is 18.7 Å². The summed E-state index contributed by atoms with van der Waals surface area (Å²) < 4.78 is 7.11. The highest BCUT2D eigenvalue weighted by molar-refractivity contribution is 5.13. The topological polar surface area (TPSA) is 69.0 Å². The summed E-state index contributed by atoms with van der Waals surface area (Å²) in [6, 6.07) is 2.35. The maximum Gasteiger partial charge on any atom is 0.0950 e. The van der Waals surface area contributed by atoms with Crippen molar-refractivity contribution >= 4 is 0 Å². The van der Waals surface area contributed by atoms with E-state index in [1.54, 1.807) is 6.26 Å². The van der Waals surface area contributed by atoms with E-state index in [1.807, 2.05) is 29.4 Å². The third kappa shape index (κ3) is 4.44. The molecule has 2 heterocycles. The summed E-state index contributed by atoms with van der Waals surface area (Å²) in [5, 5.41) is 7.85. The molecule has 116 valence electrons. The summed E-state index contributed by atoms with van der Waals surface area (Å²) in [6.45, 7) is 6.12. The van der Waals surface area contributed by atoms with Crippen molar-refractivity contribution in [2.45, 2.75) is 51.7 Å². The largest absolute Gasteiger partial charge is 0.472 e. The number of furan rings is 1. The Morgan fingerprint density at radius 3 is 2.81 bits per heavy atom. The maximum absolute atomic E-state index is 6.29. The molecule has 0 fully saturated rings. The number of nitrogens with one attached hydrogen (secondary N) is 1. The lowest BCUT2D eigenvalue weighted by Gasteiger charge is -2.19. The first-order valence-electron chi connectivity index (χ1n) is 7.78. The van der Waals surface area contributed by atoms with Gasteiger partial charge in [-0.05, 0) is 38.8 Å². The average Bonchev–Trinajstić information content (AvgIpc) is 3.18. The molecule has 0 spiro atoms. The molecule has 0 saturated heterocycles. The first-order chi connectivity index (χ1) is 10.2. The maximum atomic E-state index is 6.29. The molecule has 3 N–H and O–H groups in total. The van der Waals surface area contributed by atoms with E-state index in [0.717, 1.165) is 37.9 Å². The van der Waals surface area contributed by atoms with Crippen LogP contribution in [0.4, 0.5) is 0 Å². The van der Waals surface area contributed by atoms with Crippen LogP contribution in [0.2, 0.25) is 0 Å². The van der Waals surface area contributed by atoms with Crippen molar-refractivity contribution in [3.63, 3.8) is 0 Å². The van der Waals surface area contributed by atoms with Crippen LogP contribution in [-0.2, 0) is 6.54 Å². The summed E-state index contributed by atoms with van der Waals surface area (Å²) in [5.41, 5.74) is 8.59. The molecular weight excluding hydrogens is 264 g/mol. The molecule has 5 nitrogen and oxygen atoms in total. The van der Waals surface area contributed by atoms with Gasteiger partial charge in [0, 0.05) is 36.0 Å². The normalized spacial score (nSPS) is 14.2. The fourth-order valence-corrected chi connectivity index (χ4v) is 2.44. The van der Waals surface area contributed by atoms with Crippen LogP contribution in [0, 0.1) is 0 Å². The van der Waals surface area contributed by atoms with Gasteiger partial charge in [0.15, 0.2) is 0 Å². The number of nitrogens with two attached hydrogens (primary N) is 1. The van der Waals surface area contributed by atoms with Crippen LogP contribution in [0.5, 0.6) is 0 Å². The van der Waals surface area contributed by atoms with Crippen LogP contribution in [0.3, 0.4) is 0 Å². The Bertz CT molecular complexity index is 506. The number of aromatic nitrogens is 2. The summed E-state index contributed by atoms with van der Waals surface area (Å²) in [6.07, 6.45) is 10.5. The summed E-state index contributed by atoms with van der Waals surface area (Å²) in [4.78, 5) is 0. The second-order valence-corrected chi connectivity index (χ2v) is 5.38. The SMILES string of the molecule is CCCNC(CCC(N)c1cnn(CC)c1)c1ccoc1. The molecule has 0 aromatic carbocycles. The molecule has 0 aliphatic carbocycles. The first-order valence-corrected chi connectivity index (χ1v) is 7.78. The molecule has 0 radical (unpaired) electrons. The Hall–Kier alpha value is -1.59. The van der Waals surface area contributed by atoms with E-state index in [-0.39, 0.29) is 6.04 Å². The second-order valence-electron chi connectivity index (χ2n) is 5.38. The van der Waals surface area contributed by atoms with Gasteiger partial charge in [-0.1, -0.05) is 6.92 Å². The van der Waals surface area contributed by atoms with Gasteiger partial charge < -0.3 is 15.5 Å². The molecule has 2 aromatic heterocycles. The van der Waals surface area contributed by atoms with Gasteiger partial charge in [0.25, 0.3) is 0 Å². The van der Waals surface area contributed by atoms with E-state index >= 15 is 0 Å². The van der Waals surface area contributed by atoms with Crippen molar-refractivity contribution in [1.82, 2.24) is 15.1 Å². The number of rotatable bonds is 9. The van der Waals surface area contributed by atoms with Crippen LogP contribution < -0.4 is 11.1 Å². The van der Waals surface area contributed by atoms with Gasteiger partial charge in [-0.15, -0.1) is 0 Å². The predicted octanol–water partition coefficient (Wildman–Crippen LogP) is 3.02. The molecule has 0 aliphatic rings. The monoisotopic (exact) mass is 290 g/mol. The minimum atomic E-state index is 0.0307.